The van der Waals surface area contributed by atoms with E-state index < -0.39 is 11.9 Å². The summed E-state index contributed by atoms with van der Waals surface area (Å²) in [6, 6.07) is -0.250. The Labute approximate surface area is 102 Å². The first-order valence-electron chi connectivity index (χ1n) is 5.86. The largest absolute Gasteiger partial charge is 0.481 e. The molecule has 6 heteroatoms. The van der Waals surface area contributed by atoms with Gasteiger partial charge in [-0.3, -0.25) is 4.79 Å². The number of carbonyl (C=O) groups is 2. The van der Waals surface area contributed by atoms with Crippen molar-refractivity contribution in [1.82, 2.24) is 10.2 Å². The number of amides is 2. The monoisotopic (exact) mass is 246 g/mol. The van der Waals surface area contributed by atoms with Crippen molar-refractivity contribution >= 4 is 12.0 Å². The maximum Gasteiger partial charge on any atom is 0.317 e. The maximum absolute atomic E-state index is 11.7. The molecule has 17 heavy (non-hydrogen) atoms. The van der Waals surface area contributed by atoms with Gasteiger partial charge < -0.3 is 20.1 Å². The quantitative estimate of drug-likeness (QED) is 0.620. The van der Waals surface area contributed by atoms with E-state index in [0.717, 1.165) is 0 Å². The number of carboxylic acid groups (broad SMARTS) is 1. The van der Waals surface area contributed by atoms with Gasteiger partial charge in [0.1, 0.15) is 0 Å². The number of rotatable bonds is 8. The minimum atomic E-state index is -0.914. The highest BCUT2D eigenvalue weighted by atomic mass is 16.5. The fourth-order valence-corrected chi connectivity index (χ4v) is 1.16. The highest BCUT2D eigenvalue weighted by Crippen LogP contribution is 1.94. The van der Waals surface area contributed by atoms with E-state index in [1.165, 1.54) is 0 Å². The third kappa shape index (κ3) is 6.78. The van der Waals surface area contributed by atoms with Crippen molar-refractivity contribution in [3.63, 3.8) is 0 Å². The molecule has 1 atom stereocenters. The minimum Gasteiger partial charge on any atom is -0.481 e. The van der Waals surface area contributed by atoms with Crippen LogP contribution < -0.4 is 5.32 Å². The molecule has 0 bridgehead atoms. The second-order valence-electron chi connectivity index (χ2n) is 3.70. The number of hydrogen-bond acceptors (Lipinski definition) is 3. The van der Waals surface area contributed by atoms with Gasteiger partial charge in [0.25, 0.3) is 0 Å². The molecule has 6 nitrogen and oxygen atoms in total. The summed E-state index contributed by atoms with van der Waals surface area (Å²) in [7, 11) is 0. The first kappa shape index (κ1) is 15.7. The number of hydrogen-bond donors (Lipinski definition) is 2. The van der Waals surface area contributed by atoms with Crippen LogP contribution in [0.1, 0.15) is 20.8 Å². The Morgan fingerprint density at radius 2 is 2.06 bits per heavy atom. The summed E-state index contributed by atoms with van der Waals surface area (Å²) in [6.45, 7) is 7.65. The zero-order valence-corrected chi connectivity index (χ0v) is 10.7. The lowest BCUT2D eigenvalue weighted by Crippen LogP contribution is -2.43. The van der Waals surface area contributed by atoms with Crippen LogP contribution in [0.15, 0.2) is 0 Å². The van der Waals surface area contributed by atoms with Crippen LogP contribution in [0.4, 0.5) is 4.79 Å². The SMILES string of the molecule is CCOCCN(CC)C(=O)NCC(C)C(=O)O. The number of urea groups is 1. The fourth-order valence-electron chi connectivity index (χ4n) is 1.16. The van der Waals surface area contributed by atoms with Crippen molar-refractivity contribution in [2.45, 2.75) is 20.8 Å². The summed E-state index contributed by atoms with van der Waals surface area (Å²) >= 11 is 0. The average molecular weight is 246 g/mol. The second-order valence-corrected chi connectivity index (χ2v) is 3.70. The molecule has 0 radical (unpaired) electrons. The molecule has 0 aromatic heterocycles. The minimum absolute atomic E-state index is 0.138. The van der Waals surface area contributed by atoms with Gasteiger partial charge in [0.15, 0.2) is 0 Å². The van der Waals surface area contributed by atoms with Gasteiger partial charge in [-0.15, -0.1) is 0 Å². The molecule has 100 valence electrons. The summed E-state index contributed by atoms with van der Waals surface area (Å²) in [5, 5.41) is 11.3. The van der Waals surface area contributed by atoms with Crippen LogP contribution >= 0.6 is 0 Å². The van der Waals surface area contributed by atoms with Crippen molar-refractivity contribution in [2.24, 2.45) is 5.92 Å². The Morgan fingerprint density at radius 3 is 2.53 bits per heavy atom. The van der Waals surface area contributed by atoms with E-state index in [-0.39, 0.29) is 12.6 Å². The first-order chi connectivity index (χ1) is 8.02. The van der Waals surface area contributed by atoms with Crippen molar-refractivity contribution in [3.8, 4) is 0 Å². The van der Waals surface area contributed by atoms with E-state index in [1.807, 2.05) is 13.8 Å². The molecule has 0 saturated heterocycles. The van der Waals surface area contributed by atoms with Crippen LogP contribution in [0, 0.1) is 5.92 Å². The van der Waals surface area contributed by atoms with Gasteiger partial charge in [-0.25, -0.2) is 4.79 Å². The predicted molar refractivity (Wildman–Crippen MR) is 63.9 cm³/mol. The van der Waals surface area contributed by atoms with E-state index in [1.54, 1.807) is 11.8 Å². The zero-order valence-electron chi connectivity index (χ0n) is 10.7. The molecule has 0 aliphatic rings. The van der Waals surface area contributed by atoms with Crippen LogP contribution in [0.3, 0.4) is 0 Å². The number of ether oxygens (including phenoxy) is 1. The molecule has 0 rings (SSSR count). The number of likely N-dealkylation sites (N-methyl/N-ethyl adjacent to an activating group) is 1. The topological polar surface area (TPSA) is 78.9 Å². The molecule has 0 heterocycles. The Balaban J connectivity index is 3.95. The molecule has 2 N–H and O–H groups in total. The molecule has 0 aromatic rings. The summed E-state index contributed by atoms with van der Waals surface area (Å²) in [4.78, 5) is 23.8. The van der Waals surface area contributed by atoms with Crippen molar-refractivity contribution < 1.29 is 19.4 Å². The molecule has 0 aliphatic carbocycles. The fraction of sp³-hybridized carbons (Fsp3) is 0.818. The van der Waals surface area contributed by atoms with Crippen LogP contribution in [0.5, 0.6) is 0 Å². The van der Waals surface area contributed by atoms with Crippen LogP contribution in [0.25, 0.3) is 0 Å². The van der Waals surface area contributed by atoms with Gasteiger partial charge in [-0.1, -0.05) is 6.92 Å². The predicted octanol–water partition coefficient (Wildman–Crippen LogP) is 0.775. The van der Waals surface area contributed by atoms with Crippen LogP contribution in [0.2, 0.25) is 0 Å². The Bertz CT molecular complexity index is 246. The Kier molecular flexibility index (Phi) is 8.13. The summed E-state index contributed by atoms with van der Waals surface area (Å²) in [5.74, 6) is -1.49. The molecule has 0 spiro atoms. The van der Waals surface area contributed by atoms with E-state index >= 15 is 0 Å². The Morgan fingerprint density at radius 1 is 1.41 bits per heavy atom. The molecule has 1 unspecified atom stereocenters. The highest BCUT2D eigenvalue weighted by Gasteiger charge is 2.15. The summed E-state index contributed by atoms with van der Waals surface area (Å²) in [5.41, 5.74) is 0. The van der Waals surface area contributed by atoms with Crippen molar-refractivity contribution in [1.29, 1.82) is 0 Å². The zero-order chi connectivity index (χ0) is 13.3. The highest BCUT2D eigenvalue weighted by molar-refractivity contribution is 5.75. The van der Waals surface area contributed by atoms with Gasteiger partial charge in [0.2, 0.25) is 0 Å². The van der Waals surface area contributed by atoms with Crippen LogP contribution in [-0.2, 0) is 9.53 Å². The standard InChI is InChI=1S/C11H22N2O4/c1-4-13(6-7-17-5-2)11(16)12-8-9(3)10(14)15/h9H,4-8H2,1-3H3,(H,12,16)(H,14,15). The molecule has 0 aromatic carbocycles. The summed E-state index contributed by atoms with van der Waals surface area (Å²) in [6.07, 6.45) is 0. The third-order valence-corrected chi connectivity index (χ3v) is 2.36. The van der Waals surface area contributed by atoms with E-state index in [4.69, 9.17) is 9.84 Å². The Hall–Kier alpha value is -1.30. The molecule has 0 fully saturated rings. The molecule has 2 amide bonds. The third-order valence-electron chi connectivity index (χ3n) is 2.36. The maximum atomic E-state index is 11.7. The number of nitrogens with zero attached hydrogens (tertiary/aromatic N) is 1. The lowest BCUT2D eigenvalue weighted by Gasteiger charge is -2.21. The van der Waals surface area contributed by atoms with Crippen LogP contribution in [-0.4, -0.2) is 54.9 Å². The van der Waals surface area contributed by atoms with Gasteiger partial charge in [-0.05, 0) is 13.8 Å². The van der Waals surface area contributed by atoms with E-state index in [9.17, 15) is 9.59 Å². The van der Waals surface area contributed by atoms with Gasteiger partial charge in [0, 0.05) is 26.2 Å². The van der Waals surface area contributed by atoms with E-state index in [0.29, 0.717) is 26.3 Å². The van der Waals surface area contributed by atoms with Crippen molar-refractivity contribution in [3.05, 3.63) is 0 Å². The second kappa shape index (κ2) is 8.81. The number of carbonyl (C=O) groups excluding carboxylic acids is 1. The average Bonchev–Trinajstić information content (AvgIpc) is 2.31. The molecular formula is C11H22N2O4. The normalized spacial score (nSPS) is 11.9. The lowest BCUT2D eigenvalue weighted by molar-refractivity contribution is -0.140. The van der Waals surface area contributed by atoms with E-state index in [2.05, 4.69) is 5.32 Å². The van der Waals surface area contributed by atoms with Gasteiger partial charge in [-0.2, -0.15) is 0 Å². The van der Waals surface area contributed by atoms with Gasteiger partial charge in [0.05, 0.1) is 12.5 Å². The molecule has 0 saturated carbocycles. The first-order valence-corrected chi connectivity index (χ1v) is 5.86. The molecular weight excluding hydrogens is 224 g/mol. The lowest BCUT2D eigenvalue weighted by atomic mass is 10.2. The summed E-state index contributed by atoms with van der Waals surface area (Å²) < 4.78 is 5.16. The number of aliphatic carboxylic acids is 1. The number of nitrogens with one attached hydrogen (secondary N) is 1. The van der Waals surface area contributed by atoms with Crippen molar-refractivity contribution in [2.75, 3.05) is 32.8 Å². The molecule has 0 aliphatic heterocycles. The number of carboxylic acids is 1. The smallest absolute Gasteiger partial charge is 0.317 e. The van der Waals surface area contributed by atoms with Gasteiger partial charge >= 0.3 is 12.0 Å².